The van der Waals surface area contributed by atoms with Gasteiger partial charge in [0.25, 0.3) is 5.91 Å². The van der Waals surface area contributed by atoms with E-state index in [2.05, 4.69) is 12.2 Å². The molecule has 1 saturated heterocycles. The normalized spacial score (nSPS) is 16.8. The summed E-state index contributed by atoms with van der Waals surface area (Å²) in [6.45, 7) is 6.83. The van der Waals surface area contributed by atoms with Crippen LogP contribution in [0.5, 0.6) is 0 Å². The van der Waals surface area contributed by atoms with Crippen LogP contribution in [0, 0.1) is 6.92 Å². The number of amides is 1. The highest BCUT2D eigenvalue weighted by atomic mass is 16.3. The van der Waals surface area contributed by atoms with Gasteiger partial charge in [0.2, 0.25) is 0 Å². The molecule has 0 aliphatic carbocycles. The summed E-state index contributed by atoms with van der Waals surface area (Å²) >= 11 is 0. The zero-order valence-corrected chi connectivity index (χ0v) is 11.2. The lowest BCUT2D eigenvalue weighted by Gasteiger charge is -2.34. The number of piperidine rings is 1. The maximum absolute atomic E-state index is 12.5. The molecule has 0 spiro atoms. The van der Waals surface area contributed by atoms with E-state index in [1.807, 2.05) is 17.9 Å². The maximum Gasteiger partial charge on any atom is 0.290 e. The predicted molar refractivity (Wildman–Crippen MR) is 70.7 cm³/mol. The summed E-state index contributed by atoms with van der Waals surface area (Å²) in [7, 11) is 0. The van der Waals surface area contributed by atoms with Crippen molar-refractivity contribution in [2.45, 2.75) is 39.2 Å². The fourth-order valence-corrected chi connectivity index (χ4v) is 2.53. The molecule has 2 heterocycles. The lowest BCUT2D eigenvalue weighted by molar-refractivity contribution is 0.0609. The van der Waals surface area contributed by atoms with Crippen molar-refractivity contribution in [2.24, 2.45) is 0 Å². The van der Waals surface area contributed by atoms with Crippen LogP contribution in [0.4, 0.5) is 0 Å². The molecule has 1 aliphatic rings. The number of furan rings is 1. The molecule has 1 aliphatic heterocycles. The maximum atomic E-state index is 12.5. The van der Waals surface area contributed by atoms with Gasteiger partial charge in [0.15, 0.2) is 5.76 Å². The standard InChI is InChI=1S/C14H22N2O2/c1-3-9-16(12-4-7-15-8-5-12)14(17)13-11(2)6-10-18-13/h6,10,12,15H,3-5,7-9H2,1-2H3. The molecule has 4 nitrogen and oxygen atoms in total. The molecule has 1 N–H and O–H groups in total. The van der Waals surface area contributed by atoms with Crippen LogP contribution in [-0.2, 0) is 0 Å². The van der Waals surface area contributed by atoms with Gasteiger partial charge >= 0.3 is 0 Å². The fourth-order valence-electron chi connectivity index (χ4n) is 2.53. The van der Waals surface area contributed by atoms with Crippen LogP contribution in [-0.4, -0.2) is 36.5 Å². The van der Waals surface area contributed by atoms with Crippen molar-refractivity contribution in [2.75, 3.05) is 19.6 Å². The quantitative estimate of drug-likeness (QED) is 0.891. The first kappa shape index (κ1) is 13.1. The highest BCUT2D eigenvalue weighted by molar-refractivity contribution is 5.93. The molecule has 4 heteroatoms. The Hall–Kier alpha value is -1.29. The van der Waals surface area contributed by atoms with E-state index in [4.69, 9.17) is 4.42 Å². The van der Waals surface area contributed by atoms with Gasteiger partial charge in [-0.3, -0.25) is 4.79 Å². The second-order valence-electron chi connectivity index (χ2n) is 4.91. The Morgan fingerprint density at radius 1 is 1.50 bits per heavy atom. The molecule has 2 rings (SSSR count). The number of hydrogen-bond acceptors (Lipinski definition) is 3. The van der Waals surface area contributed by atoms with Crippen LogP contribution in [0.25, 0.3) is 0 Å². The minimum Gasteiger partial charge on any atom is -0.459 e. The van der Waals surface area contributed by atoms with Crippen molar-refractivity contribution < 1.29 is 9.21 Å². The van der Waals surface area contributed by atoms with Gasteiger partial charge in [0, 0.05) is 18.2 Å². The number of aryl methyl sites for hydroxylation is 1. The van der Waals surface area contributed by atoms with Gasteiger partial charge in [-0.25, -0.2) is 0 Å². The Labute approximate surface area is 108 Å². The number of nitrogens with one attached hydrogen (secondary N) is 1. The van der Waals surface area contributed by atoms with Gasteiger partial charge in [-0.05, 0) is 45.3 Å². The van der Waals surface area contributed by atoms with Crippen LogP contribution in [0.15, 0.2) is 16.7 Å². The molecule has 18 heavy (non-hydrogen) atoms. The molecule has 1 fully saturated rings. The van der Waals surface area contributed by atoms with E-state index in [1.54, 1.807) is 6.26 Å². The number of nitrogens with zero attached hydrogens (tertiary/aromatic N) is 1. The van der Waals surface area contributed by atoms with Gasteiger partial charge < -0.3 is 14.6 Å². The number of carbonyl (C=O) groups is 1. The lowest BCUT2D eigenvalue weighted by atomic mass is 10.0. The van der Waals surface area contributed by atoms with Crippen LogP contribution in [0.2, 0.25) is 0 Å². The van der Waals surface area contributed by atoms with E-state index in [9.17, 15) is 4.79 Å². The third-order valence-electron chi connectivity index (χ3n) is 3.53. The summed E-state index contributed by atoms with van der Waals surface area (Å²) in [5.41, 5.74) is 0.926. The van der Waals surface area contributed by atoms with E-state index in [0.717, 1.165) is 44.5 Å². The smallest absolute Gasteiger partial charge is 0.290 e. The Balaban J connectivity index is 2.13. The fraction of sp³-hybridized carbons (Fsp3) is 0.643. The molecule has 0 bridgehead atoms. The van der Waals surface area contributed by atoms with Gasteiger partial charge in [0.1, 0.15) is 0 Å². The van der Waals surface area contributed by atoms with Crippen molar-refractivity contribution >= 4 is 5.91 Å². The van der Waals surface area contributed by atoms with E-state index < -0.39 is 0 Å². The molecule has 0 aromatic carbocycles. The zero-order valence-electron chi connectivity index (χ0n) is 11.2. The van der Waals surface area contributed by atoms with Crippen molar-refractivity contribution in [3.63, 3.8) is 0 Å². The second-order valence-corrected chi connectivity index (χ2v) is 4.91. The first-order valence-corrected chi connectivity index (χ1v) is 6.79. The summed E-state index contributed by atoms with van der Waals surface area (Å²) < 4.78 is 5.34. The Kier molecular flexibility index (Phi) is 4.42. The first-order valence-electron chi connectivity index (χ1n) is 6.79. The van der Waals surface area contributed by atoms with Crippen molar-refractivity contribution in [3.05, 3.63) is 23.7 Å². The van der Waals surface area contributed by atoms with Gasteiger partial charge in [-0.1, -0.05) is 6.92 Å². The number of rotatable bonds is 4. The molecule has 100 valence electrons. The molecule has 1 amide bonds. The van der Waals surface area contributed by atoms with Gasteiger partial charge in [-0.2, -0.15) is 0 Å². The lowest BCUT2D eigenvalue weighted by Crippen LogP contribution is -2.46. The highest BCUT2D eigenvalue weighted by Gasteiger charge is 2.27. The zero-order chi connectivity index (χ0) is 13.0. The minimum absolute atomic E-state index is 0.0475. The summed E-state index contributed by atoms with van der Waals surface area (Å²) in [5.74, 6) is 0.549. The van der Waals surface area contributed by atoms with Crippen LogP contribution >= 0.6 is 0 Å². The summed E-state index contributed by atoms with van der Waals surface area (Å²) in [4.78, 5) is 14.5. The van der Waals surface area contributed by atoms with E-state index >= 15 is 0 Å². The monoisotopic (exact) mass is 250 g/mol. The first-order chi connectivity index (χ1) is 8.74. The number of carbonyl (C=O) groups excluding carboxylic acids is 1. The van der Waals surface area contributed by atoms with E-state index in [1.165, 1.54) is 0 Å². The molecule has 0 radical (unpaired) electrons. The van der Waals surface area contributed by atoms with Crippen molar-refractivity contribution in [3.8, 4) is 0 Å². The van der Waals surface area contributed by atoms with Crippen LogP contribution < -0.4 is 5.32 Å². The second kappa shape index (κ2) is 6.05. The van der Waals surface area contributed by atoms with E-state index in [-0.39, 0.29) is 5.91 Å². The SMILES string of the molecule is CCCN(C(=O)c1occc1C)C1CCNCC1. The molecule has 1 aromatic rings. The molecule has 0 unspecified atom stereocenters. The summed E-state index contributed by atoms with van der Waals surface area (Å²) in [5, 5.41) is 3.34. The van der Waals surface area contributed by atoms with E-state index in [0.29, 0.717) is 11.8 Å². The molecular formula is C14H22N2O2. The largest absolute Gasteiger partial charge is 0.459 e. The third kappa shape index (κ3) is 2.75. The Bertz CT molecular complexity index is 394. The summed E-state index contributed by atoms with van der Waals surface area (Å²) in [6, 6.07) is 2.20. The third-order valence-corrected chi connectivity index (χ3v) is 3.53. The summed E-state index contributed by atoms with van der Waals surface area (Å²) in [6.07, 6.45) is 4.64. The Morgan fingerprint density at radius 3 is 2.78 bits per heavy atom. The molecule has 0 atom stereocenters. The molecular weight excluding hydrogens is 228 g/mol. The van der Waals surface area contributed by atoms with Gasteiger partial charge in [0.05, 0.1) is 6.26 Å². The van der Waals surface area contributed by atoms with Crippen molar-refractivity contribution in [1.29, 1.82) is 0 Å². The average Bonchev–Trinajstić information content (AvgIpc) is 2.82. The highest BCUT2D eigenvalue weighted by Crippen LogP contribution is 2.18. The molecule has 1 aromatic heterocycles. The topological polar surface area (TPSA) is 45.5 Å². The van der Waals surface area contributed by atoms with Crippen LogP contribution in [0.3, 0.4) is 0 Å². The molecule has 0 saturated carbocycles. The van der Waals surface area contributed by atoms with Gasteiger partial charge in [-0.15, -0.1) is 0 Å². The predicted octanol–water partition coefficient (Wildman–Crippen LogP) is 2.19. The van der Waals surface area contributed by atoms with Crippen molar-refractivity contribution in [1.82, 2.24) is 10.2 Å². The average molecular weight is 250 g/mol. The van der Waals surface area contributed by atoms with Crippen LogP contribution in [0.1, 0.15) is 42.3 Å². The Morgan fingerprint density at radius 2 is 2.22 bits per heavy atom. The number of hydrogen-bond donors (Lipinski definition) is 1. The minimum atomic E-state index is 0.0475.